The molecule has 1 fully saturated rings. The van der Waals surface area contributed by atoms with E-state index in [9.17, 15) is 14.4 Å². The second kappa shape index (κ2) is 7.09. The summed E-state index contributed by atoms with van der Waals surface area (Å²) in [7, 11) is 0. The molecule has 0 aromatic heterocycles. The Labute approximate surface area is 154 Å². The fraction of sp³-hybridized carbons (Fsp3) is 0.550. The summed E-state index contributed by atoms with van der Waals surface area (Å²) < 4.78 is 0. The third kappa shape index (κ3) is 3.32. The van der Waals surface area contributed by atoms with Gasteiger partial charge in [0.05, 0.1) is 0 Å². The summed E-state index contributed by atoms with van der Waals surface area (Å²) in [6.07, 6.45) is 5.01. The number of amides is 4. The number of hydrogen-bond donors (Lipinski definition) is 2. The first-order chi connectivity index (χ1) is 12.3. The van der Waals surface area contributed by atoms with E-state index in [2.05, 4.69) is 10.6 Å². The van der Waals surface area contributed by atoms with E-state index in [1.165, 1.54) is 11.1 Å². The maximum Gasteiger partial charge on any atom is 0.325 e. The number of fused-ring (bicyclic) bond motifs is 1. The summed E-state index contributed by atoms with van der Waals surface area (Å²) >= 11 is 0. The van der Waals surface area contributed by atoms with Gasteiger partial charge in [-0.1, -0.05) is 31.5 Å². The second-order valence-corrected chi connectivity index (χ2v) is 7.54. The largest absolute Gasteiger partial charge is 0.352 e. The third-order valence-corrected chi connectivity index (χ3v) is 5.38. The van der Waals surface area contributed by atoms with Crippen molar-refractivity contribution in [2.24, 2.45) is 0 Å². The van der Waals surface area contributed by atoms with Gasteiger partial charge in [-0.25, -0.2) is 4.79 Å². The number of imide groups is 1. The van der Waals surface area contributed by atoms with Gasteiger partial charge in [0.1, 0.15) is 12.1 Å². The van der Waals surface area contributed by atoms with Crippen molar-refractivity contribution in [3.63, 3.8) is 0 Å². The lowest BCUT2D eigenvalue weighted by Crippen LogP contribution is -2.45. The van der Waals surface area contributed by atoms with E-state index in [4.69, 9.17) is 0 Å². The number of aryl methyl sites for hydroxylation is 2. The number of urea groups is 1. The van der Waals surface area contributed by atoms with Gasteiger partial charge in [0.15, 0.2) is 0 Å². The molecule has 1 aliphatic heterocycles. The minimum absolute atomic E-state index is 0.0244. The van der Waals surface area contributed by atoms with E-state index in [1.54, 1.807) is 6.92 Å². The summed E-state index contributed by atoms with van der Waals surface area (Å²) in [6.45, 7) is 5.42. The van der Waals surface area contributed by atoms with Gasteiger partial charge in [-0.15, -0.1) is 0 Å². The van der Waals surface area contributed by atoms with Gasteiger partial charge in [-0.2, -0.15) is 0 Å². The second-order valence-electron chi connectivity index (χ2n) is 7.54. The highest BCUT2D eigenvalue weighted by atomic mass is 16.2. The molecule has 2 atom stereocenters. The highest BCUT2D eigenvalue weighted by Crippen LogP contribution is 2.32. The molecule has 2 aliphatic rings. The van der Waals surface area contributed by atoms with Crippen LogP contribution in [0.2, 0.25) is 0 Å². The molecular formula is C20H27N3O3. The molecule has 26 heavy (non-hydrogen) atoms. The highest BCUT2D eigenvalue weighted by Gasteiger charge is 2.49. The minimum atomic E-state index is -1.12. The van der Waals surface area contributed by atoms with Crippen molar-refractivity contribution in [1.29, 1.82) is 0 Å². The van der Waals surface area contributed by atoms with E-state index in [0.717, 1.165) is 42.6 Å². The summed E-state index contributed by atoms with van der Waals surface area (Å²) in [5.41, 5.74) is 2.22. The molecule has 6 nitrogen and oxygen atoms in total. The van der Waals surface area contributed by atoms with Crippen LogP contribution in [0.25, 0.3) is 0 Å². The first-order valence-corrected chi connectivity index (χ1v) is 9.41. The highest BCUT2D eigenvalue weighted by molar-refractivity contribution is 6.09. The van der Waals surface area contributed by atoms with Crippen molar-refractivity contribution >= 4 is 17.8 Å². The van der Waals surface area contributed by atoms with E-state index < -0.39 is 11.6 Å². The van der Waals surface area contributed by atoms with Crippen molar-refractivity contribution in [2.45, 2.75) is 64.5 Å². The van der Waals surface area contributed by atoms with Crippen molar-refractivity contribution in [2.75, 3.05) is 6.54 Å². The van der Waals surface area contributed by atoms with E-state index in [-0.39, 0.29) is 24.4 Å². The molecule has 0 bridgehead atoms. The van der Waals surface area contributed by atoms with Crippen LogP contribution in [0.3, 0.4) is 0 Å². The summed E-state index contributed by atoms with van der Waals surface area (Å²) in [6, 6.07) is 5.49. The van der Waals surface area contributed by atoms with E-state index >= 15 is 0 Å². The average Bonchev–Trinajstić information content (AvgIpc) is 3.13. The molecule has 0 spiro atoms. The number of benzene rings is 1. The molecule has 1 saturated heterocycles. The van der Waals surface area contributed by atoms with Crippen LogP contribution in [0.1, 0.15) is 56.7 Å². The average molecular weight is 357 g/mol. The molecule has 1 heterocycles. The maximum absolute atomic E-state index is 12.9. The predicted octanol–water partition coefficient (Wildman–Crippen LogP) is 2.25. The topological polar surface area (TPSA) is 78.5 Å². The zero-order chi connectivity index (χ0) is 18.9. The molecule has 2 N–H and O–H groups in total. The SMILES string of the molecule is CCC[C@@H](C)NC(=O)CN1C(=O)N[C@](C)(c2ccc3c(c2)CCC3)C1=O. The molecule has 6 heteroatoms. The molecule has 0 unspecified atom stereocenters. The van der Waals surface area contributed by atoms with Crippen molar-refractivity contribution in [3.05, 3.63) is 34.9 Å². The lowest BCUT2D eigenvalue weighted by molar-refractivity contribution is -0.135. The summed E-state index contributed by atoms with van der Waals surface area (Å²) in [4.78, 5) is 38.5. The Kier molecular flexibility index (Phi) is 5.03. The normalized spacial score (nSPS) is 23.0. The maximum atomic E-state index is 12.9. The zero-order valence-corrected chi connectivity index (χ0v) is 15.7. The van der Waals surface area contributed by atoms with Crippen LogP contribution >= 0.6 is 0 Å². The Balaban J connectivity index is 1.74. The van der Waals surface area contributed by atoms with Crippen LogP contribution in [0.4, 0.5) is 4.79 Å². The van der Waals surface area contributed by atoms with E-state index in [1.807, 2.05) is 32.0 Å². The summed E-state index contributed by atoms with van der Waals surface area (Å²) in [5.74, 6) is -0.689. The lowest BCUT2D eigenvalue weighted by atomic mass is 9.89. The zero-order valence-electron chi connectivity index (χ0n) is 15.7. The molecule has 0 radical (unpaired) electrons. The third-order valence-electron chi connectivity index (χ3n) is 5.38. The molecule has 1 aromatic carbocycles. The fourth-order valence-corrected chi connectivity index (χ4v) is 3.89. The molecule has 1 aromatic rings. The first kappa shape index (κ1) is 18.4. The Morgan fingerprint density at radius 3 is 2.77 bits per heavy atom. The van der Waals surface area contributed by atoms with Crippen molar-refractivity contribution in [3.8, 4) is 0 Å². The predicted molar refractivity (Wildman–Crippen MR) is 98.6 cm³/mol. The van der Waals surface area contributed by atoms with E-state index in [0.29, 0.717) is 0 Å². The standard InChI is InChI=1S/C20H27N3O3/c1-4-6-13(2)21-17(24)12-23-18(25)20(3,22-19(23)26)16-10-9-14-7-5-8-15(14)11-16/h9-11,13H,4-8,12H2,1-3H3,(H,21,24)(H,22,26)/t13-,20-/m1/s1. The molecule has 4 amide bonds. The smallest absolute Gasteiger partial charge is 0.325 e. The molecule has 0 saturated carbocycles. The Morgan fingerprint density at radius 2 is 2.04 bits per heavy atom. The number of rotatable bonds is 6. The monoisotopic (exact) mass is 357 g/mol. The Bertz CT molecular complexity index is 746. The van der Waals surface area contributed by atoms with Gasteiger partial charge < -0.3 is 10.6 Å². The first-order valence-electron chi connectivity index (χ1n) is 9.41. The van der Waals surface area contributed by atoms with Gasteiger partial charge in [0.25, 0.3) is 5.91 Å². The number of nitrogens with one attached hydrogen (secondary N) is 2. The van der Waals surface area contributed by atoms with Crippen LogP contribution in [-0.2, 0) is 28.0 Å². The van der Waals surface area contributed by atoms with Crippen LogP contribution in [0.5, 0.6) is 0 Å². The Hall–Kier alpha value is -2.37. The fourth-order valence-electron chi connectivity index (χ4n) is 3.89. The van der Waals surface area contributed by atoms with Crippen molar-refractivity contribution in [1.82, 2.24) is 15.5 Å². The minimum Gasteiger partial charge on any atom is -0.352 e. The summed E-state index contributed by atoms with van der Waals surface area (Å²) in [5, 5.41) is 5.62. The van der Waals surface area contributed by atoms with Crippen LogP contribution in [0, 0.1) is 0 Å². The van der Waals surface area contributed by atoms with Crippen molar-refractivity contribution < 1.29 is 14.4 Å². The molecular weight excluding hydrogens is 330 g/mol. The van der Waals surface area contributed by atoms with Gasteiger partial charge in [-0.05, 0) is 56.2 Å². The molecule has 1 aliphatic carbocycles. The van der Waals surface area contributed by atoms with Gasteiger partial charge in [0, 0.05) is 6.04 Å². The van der Waals surface area contributed by atoms with Gasteiger partial charge >= 0.3 is 6.03 Å². The van der Waals surface area contributed by atoms with Crippen LogP contribution in [0.15, 0.2) is 18.2 Å². The quantitative estimate of drug-likeness (QED) is 0.767. The molecule has 140 valence electrons. The molecule has 3 rings (SSSR count). The Morgan fingerprint density at radius 1 is 1.31 bits per heavy atom. The van der Waals surface area contributed by atoms with Gasteiger partial charge in [-0.3, -0.25) is 14.5 Å². The lowest BCUT2D eigenvalue weighted by Gasteiger charge is -2.23. The number of nitrogens with zero attached hydrogens (tertiary/aromatic N) is 1. The number of carbonyl (C=O) groups is 3. The van der Waals surface area contributed by atoms with Crippen LogP contribution < -0.4 is 10.6 Å². The van der Waals surface area contributed by atoms with Gasteiger partial charge in [0.2, 0.25) is 5.91 Å². The number of carbonyl (C=O) groups excluding carboxylic acids is 3. The number of hydrogen-bond acceptors (Lipinski definition) is 3. The van der Waals surface area contributed by atoms with Crippen LogP contribution in [-0.4, -0.2) is 35.3 Å².